The first kappa shape index (κ1) is 23.2. The molecule has 1 aromatic carbocycles. The van der Waals surface area contributed by atoms with E-state index in [4.69, 9.17) is 14.2 Å². The molecule has 2 aromatic heterocycles. The van der Waals surface area contributed by atoms with Crippen LogP contribution in [0.2, 0.25) is 0 Å². The van der Waals surface area contributed by atoms with Gasteiger partial charge in [-0.15, -0.1) is 11.3 Å². The number of fused-ring (bicyclic) bond motifs is 2. The van der Waals surface area contributed by atoms with Crippen LogP contribution in [0.15, 0.2) is 35.8 Å². The quantitative estimate of drug-likeness (QED) is 0.281. The Labute approximate surface area is 205 Å². The van der Waals surface area contributed by atoms with Crippen molar-refractivity contribution in [3.63, 3.8) is 0 Å². The minimum absolute atomic E-state index is 0.0637. The van der Waals surface area contributed by atoms with E-state index in [1.807, 2.05) is 29.6 Å². The molecule has 1 saturated heterocycles. The van der Waals surface area contributed by atoms with Crippen molar-refractivity contribution >= 4 is 33.5 Å². The van der Waals surface area contributed by atoms with Gasteiger partial charge in [0.1, 0.15) is 10.4 Å². The van der Waals surface area contributed by atoms with Gasteiger partial charge in [0.15, 0.2) is 11.5 Å². The molecule has 12 heteroatoms. The van der Waals surface area contributed by atoms with Crippen LogP contribution in [0, 0.1) is 10.1 Å². The van der Waals surface area contributed by atoms with Crippen molar-refractivity contribution in [2.45, 2.75) is 37.9 Å². The van der Waals surface area contributed by atoms with Crippen LogP contribution in [0.5, 0.6) is 11.5 Å². The minimum Gasteiger partial charge on any atom is -0.465 e. The van der Waals surface area contributed by atoms with Crippen molar-refractivity contribution in [2.24, 2.45) is 0 Å². The Morgan fingerprint density at radius 2 is 2.23 bits per heavy atom. The number of carbonyl (C=O) groups excluding carboxylic acids is 1. The summed E-state index contributed by atoms with van der Waals surface area (Å²) in [7, 11) is 0. The van der Waals surface area contributed by atoms with Gasteiger partial charge in [-0.1, -0.05) is 6.07 Å². The number of nitrogens with zero attached hydrogens (tertiary/aromatic N) is 4. The summed E-state index contributed by atoms with van der Waals surface area (Å²) >= 11 is 1.45. The van der Waals surface area contributed by atoms with Crippen molar-refractivity contribution < 1.29 is 23.9 Å². The average Bonchev–Trinajstić information content (AvgIpc) is 3.52. The van der Waals surface area contributed by atoms with Gasteiger partial charge < -0.3 is 19.5 Å². The van der Waals surface area contributed by atoms with Crippen LogP contribution in [0.3, 0.4) is 0 Å². The highest BCUT2D eigenvalue weighted by atomic mass is 32.1. The van der Waals surface area contributed by atoms with E-state index in [2.05, 4.69) is 15.3 Å². The predicted octanol–water partition coefficient (Wildman–Crippen LogP) is 2.76. The van der Waals surface area contributed by atoms with Crippen molar-refractivity contribution in [1.82, 2.24) is 15.3 Å². The molecule has 184 valence electrons. The Morgan fingerprint density at radius 1 is 1.37 bits per heavy atom. The van der Waals surface area contributed by atoms with Crippen LogP contribution in [-0.4, -0.2) is 59.1 Å². The second-order valence-electron chi connectivity index (χ2n) is 8.43. The number of piperidine rings is 1. The van der Waals surface area contributed by atoms with Gasteiger partial charge >= 0.3 is 5.97 Å². The zero-order chi connectivity index (χ0) is 24.4. The second kappa shape index (κ2) is 9.62. The molecule has 4 heterocycles. The van der Waals surface area contributed by atoms with E-state index in [0.29, 0.717) is 36.8 Å². The zero-order valence-electron chi connectivity index (χ0n) is 19.1. The van der Waals surface area contributed by atoms with Crippen molar-refractivity contribution in [2.75, 3.05) is 31.4 Å². The Bertz CT molecular complexity index is 1250. The van der Waals surface area contributed by atoms with Crippen molar-refractivity contribution in [3.8, 4) is 11.5 Å². The van der Waals surface area contributed by atoms with Gasteiger partial charge in [0.25, 0.3) is 6.17 Å². The number of carbonyl (C=O) groups is 1. The topological polar surface area (TPSA) is 129 Å². The van der Waals surface area contributed by atoms with E-state index in [0.717, 1.165) is 15.8 Å². The SMILES string of the molecule is CCOC(=O)C1(NCCc2ccc3c(c2)OCO3)CCN(c2ncc3ccsc3n2)C([N+](=O)[O-])C1. The highest BCUT2D eigenvalue weighted by Crippen LogP contribution is 2.34. The molecule has 1 fully saturated rings. The zero-order valence-corrected chi connectivity index (χ0v) is 20.0. The lowest BCUT2D eigenvalue weighted by Crippen LogP contribution is -2.64. The molecule has 0 bridgehead atoms. The van der Waals surface area contributed by atoms with Gasteiger partial charge in [-0.3, -0.25) is 19.8 Å². The van der Waals surface area contributed by atoms with Crippen LogP contribution in [-0.2, 0) is 16.0 Å². The molecule has 5 rings (SSSR count). The van der Waals surface area contributed by atoms with E-state index in [-0.39, 0.29) is 31.3 Å². The number of aromatic nitrogens is 2. The maximum Gasteiger partial charge on any atom is 0.326 e. The molecule has 0 radical (unpaired) electrons. The molecule has 1 N–H and O–H groups in total. The summed E-state index contributed by atoms with van der Waals surface area (Å²) in [6, 6.07) is 7.60. The number of hydrogen-bond acceptors (Lipinski definition) is 11. The van der Waals surface area contributed by atoms with Crippen molar-refractivity contribution in [3.05, 3.63) is 51.5 Å². The van der Waals surface area contributed by atoms with Crippen molar-refractivity contribution in [1.29, 1.82) is 0 Å². The molecule has 2 atom stereocenters. The third kappa shape index (κ3) is 4.58. The fraction of sp³-hybridized carbons (Fsp3) is 0.435. The molecule has 0 amide bonds. The molecule has 0 aliphatic carbocycles. The Morgan fingerprint density at radius 3 is 3.06 bits per heavy atom. The molecular formula is C23H25N5O6S. The summed E-state index contributed by atoms with van der Waals surface area (Å²) in [5.41, 5.74) is -0.185. The standard InChI is InChI=1S/C23H25N5O6S/c1-2-32-21(29)23(25-8-5-15-3-4-17-18(11-15)34-14-33-17)7-9-27(19(12-23)28(30)31)22-24-13-16-6-10-35-20(16)26-22/h3-4,6,10-11,13,19,25H,2,5,7-9,12,14H2,1H3. The Balaban J connectivity index is 1.34. The van der Waals surface area contributed by atoms with Gasteiger partial charge in [-0.05, 0) is 48.9 Å². The summed E-state index contributed by atoms with van der Waals surface area (Å²) in [5.74, 6) is 1.20. The maximum absolute atomic E-state index is 13.1. The normalized spacial score (nSPS) is 21.3. The third-order valence-corrected chi connectivity index (χ3v) is 7.17. The number of anilines is 1. The number of nitro groups is 1. The van der Waals surface area contributed by atoms with E-state index >= 15 is 0 Å². The molecule has 0 saturated carbocycles. The smallest absolute Gasteiger partial charge is 0.326 e. The molecule has 2 aliphatic rings. The van der Waals surface area contributed by atoms with Crippen LogP contribution < -0.4 is 19.7 Å². The third-order valence-electron chi connectivity index (χ3n) is 6.35. The first-order chi connectivity index (χ1) is 17.0. The minimum atomic E-state index is -1.19. The first-order valence-corrected chi connectivity index (χ1v) is 12.3. The monoisotopic (exact) mass is 499 g/mol. The second-order valence-corrected chi connectivity index (χ2v) is 9.33. The van der Waals surface area contributed by atoms with Crippen LogP contribution in [0.25, 0.3) is 10.2 Å². The molecule has 11 nitrogen and oxygen atoms in total. The molecule has 2 aliphatic heterocycles. The summed E-state index contributed by atoms with van der Waals surface area (Å²) in [6.07, 6.45) is 1.35. The molecule has 35 heavy (non-hydrogen) atoms. The van der Waals surface area contributed by atoms with Gasteiger partial charge in [0, 0.05) is 29.6 Å². The lowest BCUT2D eigenvalue weighted by atomic mass is 9.85. The number of esters is 1. The van der Waals surface area contributed by atoms with E-state index in [1.165, 1.54) is 11.3 Å². The number of benzene rings is 1. The number of thiophene rings is 1. The van der Waals surface area contributed by atoms with Crippen LogP contribution in [0.1, 0.15) is 25.3 Å². The number of ether oxygens (including phenoxy) is 3. The molecule has 2 unspecified atom stereocenters. The van der Waals surface area contributed by atoms with Gasteiger partial charge in [-0.2, -0.15) is 0 Å². The predicted molar refractivity (Wildman–Crippen MR) is 128 cm³/mol. The van der Waals surface area contributed by atoms with Gasteiger partial charge in [0.05, 0.1) is 13.0 Å². The molecule has 3 aromatic rings. The molecular weight excluding hydrogens is 474 g/mol. The summed E-state index contributed by atoms with van der Waals surface area (Å²) in [4.78, 5) is 36.0. The first-order valence-electron chi connectivity index (χ1n) is 11.4. The van der Waals surface area contributed by atoms with E-state index < -0.39 is 17.7 Å². The van der Waals surface area contributed by atoms with E-state index in [1.54, 1.807) is 18.0 Å². The average molecular weight is 500 g/mol. The summed E-state index contributed by atoms with van der Waals surface area (Å²) < 4.78 is 16.1. The summed E-state index contributed by atoms with van der Waals surface area (Å²) in [5, 5.41) is 18.2. The highest BCUT2D eigenvalue weighted by Gasteiger charge is 2.51. The molecule has 0 spiro atoms. The van der Waals surface area contributed by atoms with Gasteiger partial charge in [0.2, 0.25) is 12.7 Å². The van der Waals surface area contributed by atoms with Crippen LogP contribution in [0.4, 0.5) is 5.95 Å². The Kier molecular flexibility index (Phi) is 6.39. The lowest BCUT2D eigenvalue weighted by Gasteiger charge is -2.41. The fourth-order valence-electron chi connectivity index (χ4n) is 4.52. The fourth-order valence-corrected chi connectivity index (χ4v) is 5.26. The number of nitrogens with one attached hydrogen (secondary N) is 1. The largest absolute Gasteiger partial charge is 0.465 e. The highest BCUT2D eigenvalue weighted by molar-refractivity contribution is 7.16. The summed E-state index contributed by atoms with van der Waals surface area (Å²) in [6.45, 7) is 2.78. The number of rotatable bonds is 8. The number of hydrogen-bond donors (Lipinski definition) is 1. The van der Waals surface area contributed by atoms with Crippen LogP contribution >= 0.6 is 11.3 Å². The van der Waals surface area contributed by atoms with Gasteiger partial charge in [-0.25, -0.2) is 9.97 Å². The van der Waals surface area contributed by atoms with E-state index in [9.17, 15) is 14.9 Å². The maximum atomic E-state index is 13.1. The lowest BCUT2D eigenvalue weighted by molar-refractivity contribution is -0.526. The Hall–Kier alpha value is -3.51.